The van der Waals surface area contributed by atoms with E-state index in [4.69, 9.17) is 0 Å². The van der Waals surface area contributed by atoms with Crippen molar-refractivity contribution in [2.75, 3.05) is 5.32 Å². The van der Waals surface area contributed by atoms with E-state index in [2.05, 4.69) is 5.32 Å². The van der Waals surface area contributed by atoms with E-state index in [0.29, 0.717) is 11.4 Å². The molecule has 0 aliphatic rings. The predicted molar refractivity (Wildman–Crippen MR) is 79.9 cm³/mol. The van der Waals surface area contributed by atoms with Gasteiger partial charge in [-0.15, -0.1) is 0 Å². The quantitative estimate of drug-likeness (QED) is 0.680. The molecule has 0 spiro atoms. The number of nitro groups is 1. The number of benzene rings is 2. The van der Waals surface area contributed by atoms with Crippen molar-refractivity contribution in [1.29, 1.82) is 0 Å². The Morgan fingerprint density at radius 2 is 1.75 bits per heavy atom. The maximum Gasteiger partial charge on any atom is 0.283 e. The maximum atomic E-state index is 11.7. The number of rotatable bonds is 4. The van der Waals surface area contributed by atoms with Gasteiger partial charge in [-0.05, 0) is 17.7 Å². The highest BCUT2D eigenvalue weighted by Gasteiger charge is 2.07. The van der Waals surface area contributed by atoms with Crippen molar-refractivity contribution in [2.24, 2.45) is 0 Å². The van der Waals surface area contributed by atoms with Gasteiger partial charge in [0.05, 0.1) is 4.92 Å². The summed E-state index contributed by atoms with van der Waals surface area (Å²) >= 11 is 1.15. The average molecular weight is 288 g/mol. The number of nitrogens with one attached hydrogen (secondary N) is 1. The fourth-order valence-corrected chi connectivity index (χ4v) is 2.22. The standard InChI is InChI=1S/C14H12N2O3S/c17-14(20-10-11-4-2-1-3-5-11)15-12-6-8-13(9-7-12)16(18)19/h1-9H,10H2,(H,15,17). The van der Waals surface area contributed by atoms with E-state index in [1.165, 1.54) is 24.3 Å². The lowest BCUT2D eigenvalue weighted by molar-refractivity contribution is -0.384. The van der Waals surface area contributed by atoms with E-state index >= 15 is 0 Å². The van der Waals surface area contributed by atoms with Crippen molar-refractivity contribution in [3.8, 4) is 0 Å². The third-order valence-corrected chi connectivity index (χ3v) is 3.38. The SMILES string of the molecule is O=C(Nc1ccc([N+](=O)[O-])cc1)SCc1ccccc1. The van der Waals surface area contributed by atoms with Crippen molar-refractivity contribution in [3.63, 3.8) is 0 Å². The van der Waals surface area contributed by atoms with Gasteiger partial charge in [0.2, 0.25) is 0 Å². The normalized spacial score (nSPS) is 10.0. The van der Waals surface area contributed by atoms with Crippen LogP contribution in [0.2, 0.25) is 0 Å². The lowest BCUT2D eigenvalue weighted by Crippen LogP contribution is -2.05. The number of carbonyl (C=O) groups is 1. The summed E-state index contributed by atoms with van der Waals surface area (Å²) in [6, 6.07) is 15.4. The fraction of sp³-hybridized carbons (Fsp3) is 0.0714. The highest BCUT2D eigenvalue weighted by Crippen LogP contribution is 2.19. The van der Waals surface area contributed by atoms with Gasteiger partial charge in [0.1, 0.15) is 0 Å². The summed E-state index contributed by atoms with van der Waals surface area (Å²) in [6.07, 6.45) is 0. The third kappa shape index (κ3) is 4.10. The van der Waals surface area contributed by atoms with Gasteiger partial charge < -0.3 is 5.32 Å². The Morgan fingerprint density at radius 1 is 1.10 bits per heavy atom. The van der Waals surface area contributed by atoms with Gasteiger partial charge in [-0.1, -0.05) is 42.1 Å². The van der Waals surface area contributed by atoms with E-state index in [1.54, 1.807) is 0 Å². The Bertz CT molecular complexity index is 600. The lowest BCUT2D eigenvalue weighted by atomic mass is 10.2. The number of amides is 1. The van der Waals surface area contributed by atoms with Crippen LogP contribution in [-0.2, 0) is 5.75 Å². The molecule has 2 aromatic carbocycles. The first-order valence-corrected chi connectivity index (χ1v) is 6.86. The highest BCUT2D eigenvalue weighted by atomic mass is 32.2. The molecule has 0 aliphatic heterocycles. The molecule has 102 valence electrons. The molecule has 5 nitrogen and oxygen atoms in total. The zero-order valence-electron chi connectivity index (χ0n) is 10.5. The van der Waals surface area contributed by atoms with Crippen LogP contribution in [0.3, 0.4) is 0 Å². The van der Waals surface area contributed by atoms with Gasteiger partial charge in [-0.3, -0.25) is 14.9 Å². The van der Waals surface area contributed by atoms with E-state index in [9.17, 15) is 14.9 Å². The van der Waals surface area contributed by atoms with Crippen molar-refractivity contribution in [2.45, 2.75) is 5.75 Å². The summed E-state index contributed by atoms with van der Waals surface area (Å²) in [5.74, 6) is 0.583. The third-order valence-electron chi connectivity index (χ3n) is 2.54. The average Bonchev–Trinajstić information content (AvgIpc) is 2.47. The molecule has 1 amide bonds. The maximum absolute atomic E-state index is 11.7. The molecule has 0 saturated heterocycles. The number of carbonyl (C=O) groups excluding carboxylic acids is 1. The zero-order valence-corrected chi connectivity index (χ0v) is 11.3. The van der Waals surface area contributed by atoms with Gasteiger partial charge >= 0.3 is 0 Å². The molecule has 0 unspecified atom stereocenters. The number of nitro benzene ring substituents is 1. The van der Waals surface area contributed by atoms with E-state index in [1.807, 2.05) is 30.3 Å². The molecular weight excluding hydrogens is 276 g/mol. The summed E-state index contributed by atoms with van der Waals surface area (Å²) in [6.45, 7) is 0. The number of nitrogens with zero attached hydrogens (tertiary/aromatic N) is 1. The van der Waals surface area contributed by atoms with E-state index in [-0.39, 0.29) is 10.9 Å². The Morgan fingerprint density at radius 3 is 2.35 bits per heavy atom. The first-order chi connectivity index (χ1) is 9.65. The van der Waals surface area contributed by atoms with Crippen LogP contribution in [0.25, 0.3) is 0 Å². The Kier molecular flexibility index (Phi) is 4.73. The number of hydrogen-bond acceptors (Lipinski definition) is 4. The zero-order chi connectivity index (χ0) is 14.4. The minimum Gasteiger partial charge on any atom is -0.317 e. The molecule has 1 N–H and O–H groups in total. The first-order valence-electron chi connectivity index (χ1n) is 5.87. The molecule has 0 aromatic heterocycles. The number of thioether (sulfide) groups is 1. The van der Waals surface area contributed by atoms with Crippen LogP contribution in [0.15, 0.2) is 54.6 Å². The summed E-state index contributed by atoms with van der Waals surface area (Å²) < 4.78 is 0. The number of hydrogen-bond donors (Lipinski definition) is 1. The largest absolute Gasteiger partial charge is 0.317 e. The van der Waals surface area contributed by atoms with Crippen molar-refractivity contribution in [3.05, 3.63) is 70.3 Å². The monoisotopic (exact) mass is 288 g/mol. The summed E-state index contributed by atoms with van der Waals surface area (Å²) in [7, 11) is 0. The molecule has 0 atom stereocenters. The summed E-state index contributed by atoms with van der Waals surface area (Å²) in [4.78, 5) is 21.8. The molecule has 0 saturated carbocycles. The van der Waals surface area contributed by atoms with Gasteiger partial charge in [-0.2, -0.15) is 0 Å². The minimum absolute atomic E-state index is 0.0000578. The summed E-state index contributed by atoms with van der Waals surface area (Å²) in [5.41, 5.74) is 1.61. The van der Waals surface area contributed by atoms with Crippen LogP contribution in [0.4, 0.5) is 16.2 Å². The van der Waals surface area contributed by atoms with Gasteiger partial charge in [-0.25, -0.2) is 0 Å². The molecule has 0 heterocycles. The molecule has 20 heavy (non-hydrogen) atoms. The Balaban J connectivity index is 1.86. The summed E-state index contributed by atoms with van der Waals surface area (Å²) in [5, 5.41) is 13.0. The molecule has 0 bridgehead atoms. The second-order valence-corrected chi connectivity index (χ2v) is 4.94. The van der Waals surface area contributed by atoms with Crippen molar-refractivity contribution >= 4 is 28.4 Å². The van der Waals surface area contributed by atoms with Crippen LogP contribution in [0.1, 0.15) is 5.56 Å². The number of anilines is 1. The first kappa shape index (κ1) is 14.1. The molecular formula is C14H12N2O3S. The van der Waals surface area contributed by atoms with Crippen LogP contribution >= 0.6 is 11.8 Å². The minimum atomic E-state index is -0.476. The van der Waals surface area contributed by atoms with E-state index < -0.39 is 4.92 Å². The lowest BCUT2D eigenvalue weighted by Gasteiger charge is -2.04. The fourth-order valence-electron chi connectivity index (χ4n) is 1.54. The number of non-ortho nitro benzene ring substituents is 1. The van der Waals surface area contributed by atoms with Gasteiger partial charge in [0.15, 0.2) is 0 Å². The predicted octanol–water partition coefficient (Wildman–Crippen LogP) is 4.06. The second-order valence-electron chi connectivity index (χ2n) is 3.99. The Hall–Kier alpha value is -2.34. The van der Waals surface area contributed by atoms with Crippen molar-refractivity contribution in [1.82, 2.24) is 0 Å². The topological polar surface area (TPSA) is 72.2 Å². The van der Waals surface area contributed by atoms with Crippen molar-refractivity contribution < 1.29 is 9.72 Å². The van der Waals surface area contributed by atoms with Crippen LogP contribution < -0.4 is 5.32 Å². The van der Waals surface area contributed by atoms with Crippen LogP contribution in [0, 0.1) is 10.1 Å². The Labute approximate surface area is 120 Å². The van der Waals surface area contributed by atoms with E-state index in [0.717, 1.165) is 17.3 Å². The molecule has 2 aromatic rings. The smallest absolute Gasteiger partial charge is 0.283 e. The van der Waals surface area contributed by atoms with Crippen LogP contribution in [-0.4, -0.2) is 10.2 Å². The molecule has 6 heteroatoms. The van der Waals surface area contributed by atoms with Gasteiger partial charge in [0, 0.05) is 23.6 Å². The highest BCUT2D eigenvalue weighted by molar-refractivity contribution is 8.13. The molecule has 0 radical (unpaired) electrons. The molecule has 0 aliphatic carbocycles. The molecule has 2 rings (SSSR count). The van der Waals surface area contributed by atoms with Crippen LogP contribution in [0.5, 0.6) is 0 Å². The molecule has 0 fully saturated rings. The second kappa shape index (κ2) is 6.72. The van der Waals surface area contributed by atoms with Gasteiger partial charge in [0.25, 0.3) is 10.9 Å².